The molecule has 0 saturated heterocycles. The van der Waals surface area contributed by atoms with Crippen LogP contribution in [0.3, 0.4) is 0 Å². The molecule has 2 aromatic rings. The number of benzene rings is 1. The van der Waals surface area contributed by atoms with Gasteiger partial charge in [-0.25, -0.2) is 9.37 Å². The van der Waals surface area contributed by atoms with Crippen molar-refractivity contribution in [3.63, 3.8) is 0 Å². The Bertz CT molecular complexity index is 451. The number of nitrogens with one attached hydrogen (secondary N) is 2. The molecule has 4 heteroatoms. The Morgan fingerprint density at radius 1 is 1.38 bits per heavy atom. The lowest BCUT2D eigenvalue weighted by atomic mass is 10.1. The van der Waals surface area contributed by atoms with Crippen molar-refractivity contribution in [1.82, 2.24) is 15.3 Å². The normalized spacial score (nSPS) is 10.6. The second kappa shape index (κ2) is 4.90. The first-order valence-corrected chi connectivity index (χ1v) is 5.20. The van der Waals surface area contributed by atoms with Crippen LogP contribution in [0.5, 0.6) is 0 Å². The van der Waals surface area contributed by atoms with Crippen LogP contribution in [0.15, 0.2) is 30.6 Å². The van der Waals surface area contributed by atoms with Gasteiger partial charge in [-0.15, -0.1) is 0 Å². The van der Waals surface area contributed by atoms with E-state index in [1.165, 1.54) is 6.07 Å². The second-order valence-corrected chi connectivity index (χ2v) is 3.73. The number of aromatic nitrogens is 2. The topological polar surface area (TPSA) is 40.7 Å². The highest BCUT2D eigenvalue weighted by Gasteiger charge is 2.02. The third kappa shape index (κ3) is 2.67. The SMILES string of the molecule is Cc1ccc(F)c(CNCc2ncc[nH]2)c1. The summed E-state index contributed by atoms with van der Waals surface area (Å²) < 4.78 is 13.4. The number of aromatic amines is 1. The summed E-state index contributed by atoms with van der Waals surface area (Å²) in [5.41, 5.74) is 1.75. The van der Waals surface area contributed by atoms with Crippen molar-refractivity contribution in [3.8, 4) is 0 Å². The van der Waals surface area contributed by atoms with E-state index < -0.39 is 0 Å². The molecular formula is C12H14FN3. The number of H-pyrrole nitrogens is 1. The van der Waals surface area contributed by atoms with Crippen molar-refractivity contribution in [1.29, 1.82) is 0 Å². The Morgan fingerprint density at radius 2 is 2.25 bits per heavy atom. The monoisotopic (exact) mass is 219 g/mol. The van der Waals surface area contributed by atoms with Crippen molar-refractivity contribution in [2.75, 3.05) is 0 Å². The Morgan fingerprint density at radius 3 is 3.00 bits per heavy atom. The van der Waals surface area contributed by atoms with Gasteiger partial charge in [-0.05, 0) is 13.0 Å². The van der Waals surface area contributed by atoms with Crippen LogP contribution in [0.4, 0.5) is 4.39 Å². The third-order valence-corrected chi connectivity index (χ3v) is 2.36. The Labute approximate surface area is 93.7 Å². The summed E-state index contributed by atoms with van der Waals surface area (Å²) >= 11 is 0. The molecule has 0 radical (unpaired) electrons. The summed E-state index contributed by atoms with van der Waals surface area (Å²) in [6.45, 7) is 3.07. The van der Waals surface area contributed by atoms with Crippen molar-refractivity contribution in [3.05, 3.63) is 53.4 Å². The zero-order valence-corrected chi connectivity index (χ0v) is 9.13. The third-order valence-electron chi connectivity index (χ3n) is 2.36. The summed E-state index contributed by atoms with van der Waals surface area (Å²) in [6, 6.07) is 5.12. The molecule has 1 aromatic heterocycles. The molecule has 0 aliphatic carbocycles. The number of hydrogen-bond acceptors (Lipinski definition) is 2. The van der Waals surface area contributed by atoms with Crippen LogP contribution in [0.1, 0.15) is 17.0 Å². The summed E-state index contributed by atoms with van der Waals surface area (Å²) in [4.78, 5) is 7.06. The van der Waals surface area contributed by atoms with Crippen molar-refractivity contribution in [2.24, 2.45) is 0 Å². The number of aryl methyl sites for hydroxylation is 1. The first kappa shape index (κ1) is 10.8. The largest absolute Gasteiger partial charge is 0.348 e. The average molecular weight is 219 g/mol. The van der Waals surface area contributed by atoms with E-state index in [0.717, 1.165) is 11.4 Å². The maximum absolute atomic E-state index is 13.4. The van der Waals surface area contributed by atoms with E-state index in [-0.39, 0.29) is 5.82 Å². The zero-order valence-electron chi connectivity index (χ0n) is 9.13. The van der Waals surface area contributed by atoms with Crippen LogP contribution in [-0.4, -0.2) is 9.97 Å². The second-order valence-electron chi connectivity index (χ2n) is 3.73. The fraction of sp³-hybridized carbons (Fsp3) is 0.250. The van der Waals surface area contributed by atoms with Crippen LogP contribution in [-0.2, 0) is 13.1 Å². The van der Waals surface area contributed by atoms with Gasteiger partial charge in [0.15, 0.2) is 0 Å². The number of imidazole rings is 1. The van der Waals surface area contributed by atoms with Crippen LogP contribution >= 0.6 is 0 Å². The minimum Gasteiger partial charge on any atom is -0.348 e. The summed E-state index contributed by atoms with van der Waals surface area (Å²) in [5, 5.41) is 3.14. The van der Waals surface area contributed by atoms with E-state index in [4.69, 9.17) is 0 Å². The predicted molar refractivity (Wildman–Crippen MR) is 60.3 cm³/mol. The smallest absolute Gasteiger partial charge is 0.127 e. The van der Waals surface area contributed by atoms with Crippen LogP contribution in [0.25, 0.3) is 0 Å². The van der Waals surface area contributed by atoms with E-state index in [2.05, 4.69) is 15.3 Å². The molecule has 0 aliphatic rings. The minimum atomic E-state index is -0.169. The van der Waals surface area contributed by atoms with Crippen LogP contribution in [0, 0.1) is 12.7 Å². The molecule has 0 spiro atoms. The van der Waals surface area contributed by atoms with Crippen molar-refractivity contribution < 1.29 is 4.39 Å². The molecule has 1 aromatic carbocycles. The molecule has 3 nitrogen and oxygen atoms in total. The first-order valence-electron chi connectivity index (χ1n) is 5.20. The Balaban J connectivity index is 1.92. The lowest BCUT2D eigenvalue weighted by Gasteiger charge is -2.05. The molecule has 1 heterocycles. The maximum Gasteiger partial charge on any atom is 0.127 e. The molecule has 0 bridgehead atoms. The fourth-order valence-electron chi connectivity index (χ4n) is 1.55. The highest BCUT2D eigenvalue weighted by Crippen LogP contribution is 2.09. The summed E-state index contributed by atoms with van der Waals surface area (Å²) in [5.74, 6) is 0.686. The van der Waals surface area contributed by atoms with E-state index in [1.807, 2.05) is 13.0 Å². The zero-order chi connectivity index (χ0) is 11.4. The van der Waals surface area contributed by atoms with Gasteiger partial charge in [0.25, 0.3) is 0 Å². The number of hydrogen-bond donors (Lipinski definition) is 2. The van der Waals surface area contributed by atoms with Gasteiger partial charge >= 0.3 is 0 Å². The molecular weight excluding hydrogens is 205 g/mol. The quantitative estimate of drug-likeness (QED) is 0.827. The Kier molecular flexibility index (Phi) is 3.31. The molecule has 0 aliphatic heterocycles. The number of halogens is 1. The standard InChI is InChI=1S/C12H14FN3/c1-9-2-3-11(13)10(6-9)7-14-8-12-15-4-5-16-12/h2-6,14H,7-8H2,1H3,(H,15,16). The van der Waals surface area contributed by atoms with Gasteiger partial charge in [0, 0.05) is 24.5 Å². The van der Waals surface area contributed by atoms with Gasteiger partial charge in [0.05, 0.1) is 6.54 Å². The molecule has 0 amide bonds. The molecule has 0 saturated carbocycles. The molecule has 16 heavy (non-hydrogen) atoms. The molecule has 0 fully saturated rings. The lowest BCUT2D eigenvalue weighted by molar-refractivity contribution is 0.583. The highest BCUT2D eigenvalue weighted by atomic mass is 19.1. The minimum absolute atomic E-state index is 0.169. The van der Waals surface area contributed by atoms with Gasteiger partial charge in [-0.3, -0.25) is 0 Å². The van der Waals surface area contributed by atoms with Gasteiger partial charge in [-0.1, -0.05) is 17.7 Å². The van der Waals surface area contributed by atoms with Gasteiger partial charge in [0.1, 0.15) is 11.6 Å². The average Bonchev–Trinajstić information content (AvgIpc) is 2.76. The molecule has 0 atom stereocenters. The number of rotatable bonds is 4. The molecule has 2 rings (SSSR count). The van der Waals surface area contributed by atoms with Crippen molar-refractivity contribution >= 4 is 0 Å². The van der Waals surface area contributed by atoms with E-state index in [0.29, 0.717) is 18.7 Å². The van der Waals surface area contributed by atoms with Gasteiger partial charge < -0.3 is 10.3 Å². The summed E-state index contributed by atoms with van der Waals surface area (Å²) in [7, 11) is 0. The number of nitrogens with zero attached hydrogens (tertiary/aromatic N) is 1. The molecule has 2 N–H and O–H groups in total. The van der Waals surface area contributed by atoms with E-state index >= 15 is 0 Å². The van der Waals surface area contributed by atoms with Gasteiger partial charge in [-0.2, -0.15) is 0 Å². The van der Waals surface area contributed by atoms with Crippen molar-refractivity contribution in [2.45, 2.75) is 20.0 Å². The van der Waals surface area contributed by atoms with Crippen LogP contribution in [0.2, 0.25) is 0 Å². The molecule has 0 unspecified atom stereocenters. The van der Waals surface area contributed by atoms with Gasteiger partial charge in [0.2, 0.25) is 0 Å². The predicted octanol–water partition coefficient (Wildman–Crippen LogP) is 2.15. The molecule has 84 valence electrons. The fourth-order valence-corrected chi connectivity index (χ4v) is 1.55. The maximum atomic E-state index is 13.4. The van der Waals surface area contributed by atoms with E-state index in [1.54, 1.807) is 18.5 Å². The highest BCUT2D eigenvalue weighted by molar-refractivity contribution is 5.23. The van der Waals surface area contributed by atoms with E-state index in [9.17, 15) is 4.39 Å². The lowest BCUT2D eigenvalue weighted by Crippen LogP contribution is -2.14. The van der Waals surface area contributed by atoms with Crippen LogP contribution < -0.4 is 5.32 Å². The first-order chi connectivity index (χ1) is 7.75. The summed E-state index contributed by atoms with van der Waals surface area (Å²) in [6.07, 6.45) is 3.47. The Hall–Kier alpha value is -1.68.